The molecule has 0 radical (unpaired) electrons. The van der Waals surface area contributed by atoms with Crippen molar-refractivity contribution in [3.05, 3.63) is 211 Å². The van der Waals surface area contributed by atoms with Crippen molar-refractivity contribution in [1.29, 1.82) is 0 Å². The third kappa shape index (κ3) is 4.97. The van der Waals surface area contributed by atoms with Crippen molar-refractivity contribution in [3.63, 3.8) is 0 Å². The second-order valence-corrected chi connectivity index (χ2v) is 15.3. The van der Waals surface area contributed by atoms with Crippen LogP contribution in [0.5, 0.6) is 0 Å². The van der Waals surface area contributed by atoms with Crippen LogP contribution in [-0.4, -0.2) is 0 Å². The smallest absolute Gasteiger partial charge is 0.139 e. The van der Waals surface area contributed by atoms with Crippen LogP contribution in [0.1, 0.15) is 16.7 Å². The normalized spacial score (nSPS) is 15.6. The highest BCUT2D eigenvalue weighted by Gasteiger charge is 2.19. The van der Waals surface area contributed by atoms with Crippen molar-refractivity contribution >= 4 is 92.5 Å². The first-order chi connectivity index (χ1) is 28.1. The lowest BCUT2D eigenvalue weighted by atomic mass is 9.86. The van der Waals surface area contributed by atoms with Gasteiger partial charge in [-0.15, -0.1) is 0 Å². The van der Waals surface area contributed by atoms with Gasteiger partial charge in [-0.3, -0.25) is 0 Å². The van der Waals surface area contributed by atoms with Gasteiger partial charge >= 0.3 is 0 Å². The van der Waals surface area contributed by atoms with E-state index in [2.05, 4.69) is 189 Å². The molecule has 0 bridgehead atoms. The van der Waals surface area contributed by atoms with Crippen molar-refractivity contribution in [2.24, 2.45) is 0 Å². The minimum Gasteiger partial charge on any atom is -0.456 e. The highest BCUT2D eigenvalue weighted by atomic mass is 16.3. The van der Waals surface area contributed by atoms with Crippen LogP contribution in [0.25, 0.3) is 104 Å². The van der Waals surface area contributed by atoms with E-state index in [0.29, 0.717) is 0 Å². The molecule has 266 valence electrons. The highest BCUT2D eigenvalue weighted by molar-refractivity contribution is 6.24. The molecule has 12 rings (SSSR count). The van der Waals surface area contributed by atoms with Crippen LogP contribution in [0, 0.1) is 0 Å². The van der Waals surface area contributed by atoms with Gasteiger partial charge in [-0.05, 0) is 131 Å². The first kappa shape index (κ1) is 31.9. The Balaban J connectivity index is 1.07. The fourth-order valence-electron chi connectivity index (χ4n) is 9.28. The predicted molar refractivity (Wildman–Crippen MR) is 241 cm³/mol. The summed E-state index contributed by atoms with van der Waals surface area (Å²) >= 11 is 0. The van der Waals surface area contributed by atoms with Crippen LogP contribution in [0.3, 0.4) is 0 Å². The van der Waals surface area contributed by atoms with Gasteiger partial charge in [0, 0.05) is 27.6 Å². The molecule has 0 spiro atoms. The molecule has 0 saturated carbocycles. The van der Waals surface area contributed by atoms with Crippen molar-refractivity contribution in [2.75, 3.05) is 0 Å². The van der Waals surface area contributed by atoms with Gasteiger partial charge in [0.1, 0.15) is 22.3 Å². The van der Waals surface area contributed by atoms with Gasteiger partial charge in [0.15, 0.2) is 0 Å². The van der Waals surface area contributed by atoms with Crippen molar-refractivity contribution in [2.45, 2.75) is 6.42 Å². The molecule has 1 aliphatic rings. The molecular formula is C55H34O2. The average molecular weight is 727 g/mol. The summed E-state index contributed by atoms with van der Waals surface area (Å²) in [5.74, 6) is 0. The van der Waals surface area contributed by atoms with Gasteiger partial charge in [-0.25, -0.2) is 0 Å². The van der Waals surface area contributed by atoms with Crippen LogP contribution >= 0.6 is 0 Å². The van der Waals surface area contributed by atoms with Crippen molar-refractivity contribution in [1.82, 2.24) is 0 Å². The molecule has 0 N–H and O–H groups in total. The van der Waals surface area contributed by atoms with Crippen LogP contribution in [0.2, 0.25) is 0 Å². The topological polar surface area (TPSA) is 26.3 Å². The van der Waals surface area contributed by atoms with Crippen molar-refractivity contribution < 1.29 is 8.83 Å². The second-order valence-electron chi connectivity index (χ2n) is 15.3. The Kier molecular flexibility index (Phi) is 6.88. The first-order valence-electron chi connectivity index (χ1n) is 19.6. The first-order valence-corrected chi connectivity index (χ1v) is 19.6. The molecule has 2 heterocycles. The summed E-state index contributed by atoms with van der Waals surface area (Å²) < 4.78 is 13.1. The summed E-state index contributed by atoms with van der Waals surface area (Å²) in [6.07, 6.45) is 11.6. The van der Waals surface area contributed by atoms with Crippen LogP contribution < -0.4 is 0 Å². The number of hydrogen-bond donors (Lipinski definition) is 0. The standard InChI is InChI=1S/C55H34O2/c1-33-11-3-2-4-14-36-20-19-34-12-5-9-17-41(34)54(36)44(27-33)38-22-25-50-46(29-38)48-31-49-47-30-39(23-26-51(47)57-53(49)32-52(48)56-50)45-28-37-15-7-8-16-40(37)43-24-21-35-13-6-10-18-42(35)55(43)45/h2-13,15-32H,1,14H2/b4-2-,11-3-,44-27-. The molecule has 0 fully saturated rings. The van der Waals surface area contributed by atoms with E-state index < -0.39 is 0 Å². The lowest BCUT2D eigenvalue weighted by molar-refractivity contribution is 0.656. The zero-order chi connectivity index (χ0) is 37.6. The molecule has 0 atom stereocenters. The molecule has 1 aliphatic carbocycles. The third-order valence-electron chi connectivity index (χ3n) is 11.9. The van der Waals surface area contributed by atoms with E-state index in [0.717, 1.165) is 72.6 Å². The summed E-state index contributed by atoms with van der Waals surface area (Å²) in [7, 11) is 0. The number of fused-ring (bicyclic) bond motifs is 14. The fourth-order valence-corrected chi connectivity index (χ4v) is 9.28. The molecular weight excluding hydrogens is 693 g/mol. The molecule has 2 heteroatoms. The Morgan fingerprint density at radius 1 is 0.439 bits per heavy atom. The van der Waals surface area contributed by atoms with E-state index in [-0.39, 0.29) is 0 Å². The summed E-state index contributed by atoms with van der Waals surface area (Å²) in [5.41, 5.74) is 11.5. The minimum atomic E-state index is 0.809. The molecule has 2 nitrogen and oxygen atoms in total. The molecule has 0 saturated heterocycles. The van der Waals surface area contributed by atoms with Gasteiger partial charge in [0.05, 0.1) is 0 Å². The Hall–Kier alpha value is -7.42. The minimum absolute atomic E-state index is 0.809. The quantitative estimate of drug-likeness (QED) is 0.166. The monoisotopic (exact) mass is 726 g/mol. The highest BCUT2D eigenvalue weighted by Crippen LogP contribution is 2.43. The van der Waals surface area contributed by atoms with E-state index in [1.165, 1.54) is 59.8 Å². The van der Waals surface area contributed by atoms with Crippen molar-refractivity contribution in [3.8, 4) is 11.1 Å². The number of allylic oxidation sites excluding steroid dienone is 6. The number of furan rings is 2. The number of benzene rings is 9. The molecule has 11 aromatic rings. The SMILES string of the molecule is C=C1/C=C\C=C/Cc2ccc3ccccc3c2/C(c2ccc3oc4cc5oc6ccc(-c7cc8ccccc8c8ccc9ccccc9c78)cc6c5cc4c3c2)=C\1. The van der Waals surface area contributed by atoms with Gasteiger partial charge < -0.3 is 8.83 Å². The lowest BCUT2D eigenvalue weighted by Gasteiger charge is -2.17. The molecule has 9 aromatic carbocycles. The third-order valence-corrected chi connectivity index (χ3v) is 11.9. The van der Waals surface area contributed by atoms with Gasteiger partial charge in [-0.2, -0.15) is 0 Å². The summed E-state index contributed by atoms with van der Waals surface area (Å²) in [6, 6.07) is 55.0. The maximum atomic E-state index is 6.55. The van der Waals surface area contributed by atoms with Gasteiger partial charge in [0.25, 0.3) is 0 Å². The van der Waals surface area contributed by atoms with E-state index in [1.54, 1.807) is 0 Å². The second kappa shape index (κ2) is 12.3. The lowest BCUT2D eigenvalue weighted by Crippen LogP contribution is -1.98. The molecule has 2 aromatic heterocycles. The maximum Gasteiger partial charge on any atom is 0.139 e. The molecule has 0 aliphatic heterocycles. The molecule has 0 amide bonds. The van der Waals surface area contributed by atoms with Crippen LogP contribution in [0.4, 0.5) is 0 Å². The Labute approximate surface area is 328 Å². The zero-order valence-electron chi connectivity index (χ0n) is 31.1. The Morgan fingerprint density at radius 3 is 1.86 bits per heavy atom. The summed E-state index contributed by atoms with van der Waals surface area (Å²) in [6.45, 7) is 4.43. The van der Waals surface area contributed by atoms with E-state index >= 15 is 0 Å². The Morgan fingerprint density at radius 2 is 1.07 bits per heavy atom. The number of rotatable bonds is 2. The Bertz CT molecular complexity index is 3620. The summed E-state index contributed by atoms with van der Waals surface area (Å²) in [4.78, 5) is 0. The van der Waals surface area contributed by atoms with E-state index in [9.17, 15) is 0 Å². The number of hydrogen-bond acceptors (Lipinski definition) is 2. The largest absolute Gasteiger partial charge is 0.456 e. The average Bonchev–Trinajstić information content (AvgIpc) is 3.80. The maximum absolute atomic E-state index is 6.55. The van der Waals surface area contributed by atoms with Crippen LogP contribution in [-0.2, 0) is 6.42 Å². The summed E-state index contributed by atoms with van der Waals surface area (Å²) in [5, 5.41) is 14.3. The van der Waals surface area contributed by atoms with E-state index in [4.69, 9.17) is 8.83 Å². The van der Waals surface area contributed by atoms with Gasteiger partial charge in [0.2, 0.25) is 0 Å². The fraction of sp³-hybridized carbons (Fsp3) is 0.0182. The van der Waals surface area contributed by atoms with Crippen LogP contribution in [0.15, 0.2) is 203 Å². The zero-order valence-corrected chi connectivity index (χ0v) is 31.1. The predicted octanol–water partition coefficient (Wildman–Crippen LogP) is 15.4. The van der Waals surface area contributed by atoms with E-state index in [1.807, 2.05) is 0 Å². The molecule has 57 heavy (non-hydrogen) atoms. The molecule has 0 unspecified atom stereocenters. The van der Waals surface area contributed by atoms with Gasteiger partial charge in [-0.1, -0.05) is 140 Å².